The molecule has 0 atom stereocenters. The zero-order chi connectivity index (χ0) is 29.4. The van der Waals surface area contributed by atoms with Gasteiger partial charge in [0.05, 0.1) is 27.9 Å². The summed E-state index contributed by atoms with van der Waals surface area (Å²) in [5.74, 6) is -0.774. The molecule has 1 fully saturated rings. The molecule has 3 N–H and O–H groups in total. The Morgan fingerprint density at radius 1 is 0.976 bits per heavy atom. The van der Waals surface area contributed by atoms with Gasteiger partial charge in [-0.15, -0.1) is 0 Å². The molecule has 0 aliphatic carbocycles. The lowest BCUT2D eigenvalue weighted by Gasteiger charge is -2.37. The maximum atomic E-state index is 13.8. The van der Waals surface area contributed by atoms with Crippen molar-refractivity contribution >= 4 is 51.7 Å². The lowest BCUT2D eigenvalue weighted by molar-refractivity contribution is 0.0523. The largest absolute Gasteiger partial charge is 0.462 e. The Bertz CT molecular complexity index is 1400. The average molecular weight is 607 g/mol. The standard InChI is InChI=1S/C28H32Cl2N4O4.C2H6.H3N/c1-4-38-28(37)24-25(20-8-5-6-9-23(20)34(27(24)36)13-7-12-31(2)3)32-14-16-33(17-15-32)26(35)19-10-11-21(29)22(30)18-19;1-2;/h5-6,8-11,18H,4,7,12-17H2,1-3H3;1-2H3;1H3. The Morgan fingerprint density at radius 2 is 1.63 bits per heavy atom. The number of fused-ring (bicyclic) bond motifs is 1. The summed E-state index contributed by atoms with van der Waals surface area (Å²) in [6.07, 6.45) is 0.758. The summed E-state index contributed by atoms with van der Waals surface area (Å²) in [5.41, 5.74) is 1.49. The lowest BCUT2D eigenvalue weighted by Crippen LogP contribution is -2.49. The maximum absolute atomic E-state index is 13.8. The number of piperazine rings is 1. The quantitative estimate of drug-likeness (QED) is 0.333. The molecule has 41 heavy (non-hydrogen) atoms. The van der Waals surface area contributed by atoms with E-state index in [1.165, 1.54) is 0 Å². The van der Waals surface area contributed by atoms with Crippen molar-refractivity contribution in [3.63, 3.8) is 0 Å². The molecular weight excluding hydrogens is 565 g/mol. The minimum Gasteiger partial charge on any atom is -0.462 e. The van der Waals surface area contributed by atoms with E-state index in [4.69, 9.17) is 27.9 Å². The Hall–Kier alpha value is -3.11. The van der Waals surface area contributed by atoms with Crippen LogP contribution in [0.2, 0.25) is 10.0 Å². The van der Waals surface area contributed by atoms with E-state index in [9.17, 15) is 14.4 Å². The fourth-order valence-electron chi connectivity index (χ4n) is 4.82. The molecule has 1 aliphatic heterocycles. The molecule has 0 bridgehead atoms. The predicted molar refractivity (Wildman–Crippen MR) is 168 cm³/mol. The highest BCUT2D eigenvalue weighted by Crippen LogP contribution is 2.31. The smallest absolute Gasteiger partial charge is 0.345 e. The summed E-state index contributed by atoms with van der Waals surface area (Å²) in [6, 6.07) is 12.5. The zero-order valence-corrected chi connectivity index (χ0v) is 26.1. The van der Waals surface area contributed by atoms with E-state index >= 15 is 0 Å². The topological polar surface area (TPSA) is 110 Å². The van der Waals surface area contributed by atoms with Gasteiger partial charge in [-0.2, -0.15) is 0 Å². The van der Waals surface area contributed by atoms with Crippen LogP contribution in [0.5, 0.6) is 0 Å². The molecule has 11 heteroatoms. The van der Waals surface area contributed by atoms with Gasteiger partial charge in [-0.3, -0.25) is 9.59 Å². The molecule has 224 valence electrons. The Kier molecular flexibility index (Phi) is 13.1. The van der Waals surface area contributed by atoms with Crippen molar-refractivity contribution in [3.05, 3.63) is 74.0 Å². The third-order valence-electron chi connectivity index (χ3n) is 6.66. The number of pyridine rings is 1. The Balaban J connectivity index is 0.00000192. The molecule has 0 radical (unpaired) electrons. The van der Waals surface area contributed by atoms with E-state index in [1.807, 2.05) is 57.1 Å². The number of para-hydroxylation sites is 1. The number of hydrogen-bond donors (Lipinski definition) is 1. The molecule has 0 spiro atoms. The van der Waals surface area contributed by atoms with Crippen LogP contribution in [0.25, 0.3) is 10.9 Å². The van der Waals surface area contributed by atoms with Gasteiger partial charge in [-0.25, -0.2) is 4.79 Å². The van der Waals surface area contributed by atoms with Crippen LogP contribution in [0.15, 0.2) is 47.3 Å². The maximum Gasteiger partial charge on any atom is 0.345 e. The van der Waals surface area contributed by atoms with Gasteiger partial charge in [0.1, 0.15) is 5.56 Å². The third-order valence-corrected chi connectivity index (χ3v) is 7.40. The van der Waals surface area contributed by atoms with E-state index in [2.05, 4.69) is 4.90 Å². The lowest BCUT2D eigenvalue weighted by atomic mass is 10.1. The van der Waals surface area contributed by atoms with Gasteiger partial charge < -0.3 is 30.2 Å². The predicted octanol–water partition coefficient (Wildman–Crippen LogP) is 5.59. The molecule has 9 nitrogen and oxygen atoms in total. The van der Waals surface area contributed by atoms with Gasteiger partial charge in [0.15, 0.2) is 0 Å². The molecule has 4 rings (SSSR count). The van der Waals surface area contributed by atoms with Crippen LogP contribution in [-0.2, 0) is 11.3 Å². The van der Waals surface area contributed by atoms with E-state index in [1.54, 1.807) is 34.6 Å². The van der Waals surface area contributed by atoms with Crippen molar-refractivity contribution in [2.75, 3.05) is 58.3 Å². The second-order valence-corrected chi connectivity index (χ2v) is 10.3. The van der Waals surface area contributed by atoms with E-state index in [0.29, 0.717) is 54.0 Å². The van der Waals surface area contributed by atoms with Crippen LogP contribution in [0, 0.1) is 0 Å². The number of rotatable bonds is 8. The van der Waals surface area contributed by atoms with Crippen LogP contribution in [0.3, 0.4) is 0 Å². The van der Waals surface area contributed by atoms with Gasteiger partial charge >= 0.3 is 5.97 Å². The fraction of sp³-hybridized carbons (Fsp3) is 0.433. The number of carbonyl (C=O) groups excluding carboxylic acids is 2. The van der Waals surface area contributed by atoms with Crippen molar-refractivity contribution < 1.29 is 14.3 Å². The number of carbonyl (C=O) groups is 2. The summed E-state index contributed by atoms with van der Waals surface area (Å²) >= 11 is 12.1. The van der Waals surface area contributed by atoms with E-state index in [0.717, 1.165) is 23.9 Å². The van der Waals surface area contributed by atoms with Crippen LogP contribution >= 0.6 is 23.2 Å². The van der Waals surface area contributed by atoms with Crippen LogP contribution in [-0.4, -0.2) is 79.7 Å². The summed E-state index contributed by atoms with van der Waals surface area (Å²) < 4.78 is 7.03. The van der Waals surface area contributed by atoms with Gasteiger partial charge in [-0.05, 0) is 58.3 Å². The molecule has 0 saturated carbocycles. The normalized spacial score (nSPS) is 13.0. The number of esters is 1. The van der Waals surface area contributed by atoms with Crippen molar-refractivity contribution in [2.45, 2.75) is 33.7 Å². The summed E-state index contributed by atoms with van der Waals surface area (Å²) in [6.45, 7) is 8.92. The second kappa shape index (κ2) is 15.8. The third kappa shape index (κ3) is 7.80. The van der Waals surface area contributed by atoms with Gasteiger partial charge in [-0.1, -0.05) is 55.2 Å². The number of amides is 1. The molecule has 2 aromatic carbocycles. The molecule has 1 amide bonds. The summed E-state index contributed by atoms with van der Waals surface area (Å²) in [4.78, 5) is 45.9. The first-order valence-electron chi connectivity index (χ1n) is 13.7. The molecule has 2 heterocycles. The van der Waals surface area contributed by atoms with Crippen molar-refractivity contribution in [1.29, 1.82) is 0 Å². The number of aromatic nitrogens is 1. The molecule has 1 aromatic heterocycles. The Morgan fingerprint density at radius 3 is 2.24 bits per heavy atom. The van der Waals surface area contributed by atoms with Gasteiger partial charge in [0.2, 0.25) is 0 Å². The zero-order valence-electron chi connectivity index (χ0n) is 24.6. The number of aryl methyl sites for hydroxylation is 1. The minimum atomic E-state index is -0.631. The summed E-state index contributed by atoms with van der Waals surface area (Å²) in [7, 11) is 3.97. The molecule has 0 unspecified atom stereocenters. The van der Waals surface area contributed by atoms with Crippen LogP contribution in [0.1, 0.15) is 47.9 Å². The number of benzene rings is 2. The monoisotopic (exact) mass is 605 g/mol. The van der Waals surface area contributed by atoms with Crippen molar-refractivity contribution in [1.82, 2.24) is 20.5 Å². The molecular formula is C30H41Cl2N5O4. The van der Waals surface area contributed by atoms with Gasteiger partial charge in [0, 0.05) is 43.7 Å². The van der Waals surface area contributed by atoms with Crippen molar-refractivity contribution in [2.24, 2.45) is 0 Å². The van der Waals surface area contributed by atoms with Gasteiger partial charge in [0.25, 0.3) is 11.5 Å². The highest BCUT2D eigenvalue weighted by molar-refractivity contribution is 6.42. The fourth-order valence-corrected chi connectivity index (χ4v) is 5.12. The van der Waals surface area contributed by atoms with Crippen molar-refractivity contribution in [3.8, 4) is 0 Å². The highest BCUT2D eigenvalue weighted by Gasteiger charge is 2.30. The summed E-state index contributed by atoms with van der Waals surface area (Å²) in [5, 5.41) is 1.53. The first kappa shape index (κ1) is 34.1. The number of hydrogen-bond acceptors (Lipinski definition) is 7. The highest BCUT2D eigenvalue weighted by atomic mass is 35.5. The molecule has 3 aromatic rings. The number of anilines is 1. The molecule has 1 saturated heterocycles. The van der Waals surface area contributed by atoms with E-state index < -0.39 is 5.97 Å². The number of nitrogens with zero attached hydrogens (tertiary/aromatic N) is 4. The average Bonchev–Trinajstić information content (AvgIpc) is 2.96. The second-order valence-electron chi connectivity index (χ2n) is 9.48. The number of halogens is 2. The first-order valence-corrected chi connectivity index (χ1v) is 14.4. The number of ether oxygens (including phenoxy) is 1. The van der Waals surface area contributed by atoms with Crippen LogP contribution in [0.4, 0.5) is 5.69 Å². The minimum absolute atomic E-state index is 0. The Labute approximate surface area is 252 Å². The molecule has 1 aliphatic rings. The van der Waals surface area contributed by atoms with E-state index in [-0.39, 0.29) is 29.8 Å². The first-order chi connectivity index (χ1) is 19.2. The van der Waals surface area contributed by atoms with Crippen LogP contribution < -0.4 is 16.6 Å². The SMILES string of the molecule is CC.CCOC(=O)c1c(N2CCN(C(=O)c3ccc(Cl)c(Cl)c3)CC2)c2ccccc2n(CCCN(C)C)c1=O.N.